The third-order valence-electron chi connectivity index (χ3n) is 14.4. The SMILES string of the molecule is c1ccc(-c2ccc(-c3ccc4c(c3)c3ccccc3n4-c3cc(-c4nc(-c5ccccc5)nc(-c5ccccc5)n4)cc(-n4c5ccccc5c5cc(-c6ccc(-c7ccccc7)cc6)ccc54)c3)cc2)cc1. The monoisotopic (exact) mass is 943 g/mol. The van der Waals surface area contributed by atoms with E-state index < -0.39 is 0 Å². The standard InChI is InChI=1S/C69H45N5/c1-5-17-46(18-6-1)48-29-33-50(34-30-48)54-37-39-65-61(43-54)59-25-13-15-27-63(59)73(65)57-41-56(69-71-67(52-21-9-3-10-22-52)70-68(72-69)53-23-11-4-12-24-53)42-58(45-57)74-64-28-16-14-26-60(64)62-44-55(38-40-66(62)74)51-35-31-49(32-36-51)47-19-7-2-8-20-47/h1-45H. The molecule has 5 heteroatoms. The number of rotatable bonds is 9. The summed E-state index contributed by atoms with van der Waals surface area (Å²) >= 11 is 0. The van der Waals surface area contributed by atoms with Crippen LogP contribution in [0.4, 0.5) is 0 Å². The van der Waals surface area contributed by atoms with E-state index in [9.17, 15) is 0 Å². The lowest BCUT2D eigenvalue weighted by Gasteiger charge is -2.16. The maximum absolute atomic E-state index is 5.29. The number of para-hydroxylation sites is 2. The Morgan fingerprint density at radius 1 is 0.189 bits per heavy atom. The first-order valence-corrected chi connectivity index (χ1v) is 25.1. The van der Waals surface area contributed by atoms with Crippen LogP contribution in [0.1, 0.15) is 0 Å². The molecule has 3 heterocycles. The third-order valence-corrected chi connectivity index (χ3v) is 14.4. The van der Waals surface area contributed by atoms with E-state index in [1.165, 1.54) is 66.1 Å². The molecule has 0 radical (unpaired) electrons. The second kappa shape index (κ2) is 18.0. The highest BCUT2D eigenvalue weighted by Crippen LogP contribution is 2.40. The molecule has 0 aliphatic carbocycles. The smallest absolute Gasteiger partial charge is 0.164 e. The second-order valence-corrected chi connectivity index (χ2v) is 18.8. The van der Waals surface area contributed by atoms with Crippen LogP contribution < -0.4 is 0 Å². The van der Waals surface area contributed by atoms with Gasteiger partial charge in [0.15, 0.2) is 17.5 Å². The van der Waals surface area contributed by atoms with Gasteiger partial charge in [0.25, 0.3) is 0 Å². The molecule has 0 saturated heterocycles. The van der Waals surface area contributed by atoms with Crippen molar-refractivity contribution in [2.75, 3.05) is 0 Å². The Morgan fingerprint density at radius 3 is 0.865 bits per heavy atom. The average Bonchev–Trinajstić information content (AvgIpc) is 4.00. The minimum atomic E-state index is 0.588. The van der Waals surface area contributed by atoms with Crippen LogP contribution in [-0.2, 0) is 0 Å². The normalized spacial score (nSPS) is 11.5. The Morgan fingerprint density at radius 2 is 0.473 bits per heavy atom. The highest BCUT2D eigenvalue weighted by atomic mass is 15.0. The number of fused-ring (bicyclic) bond motifs is 6. The van der Waals surface area contributed by atoms with Gasteiger partial charge >= 0.3 is 0 Å². The summed E-state index contributed by atoms with van der Waals surface area (Å²) in [5, 5.41) is 4.71. The van der Waals surface area contributed by atoms with Gasteiger partial charge in [-0.05, 0) is 99.1 Å². The Bertz CT molecular complexity index is 4090. The zero-order valence-electron chi connectivity index (χ0n) is 40.2. The van der Waals surface area contributed by atoms with E-state index >= 15 is 0 Å². The first kappa shape index (κ1) is 42.9. The summed E-state index contributed by atoms with van der Waals surface area (Å²) < 4.78 is 4.81. The molecule has 5 nitrogen and oxygen atoms in total. The quantitative estimate of drug-likeness (QED) is 0.145. The number of nitrogens with zero attached hydrogens (tertiary/aromatic N) is 5. The van der Waals surface area contributed by atoms with Crippen molar-refractivity contribution in [1.29, 1.82) is 0 Å². The molecule has 0 spiro atoms. The van der Waals surface area contributed by atoms with Gasteiger partial charge < -0.3 is 9.13 Å². The maximum atomic E-state index is 5.29. The topological polar surface area (TPSA) is 48.5 Å². The second-order valence-electron chi connectivity index (χ2n) is 18.8. The molecule has 0 amide bonds. The lowest BCUT2D eigenvalue weighted by molar-refractivity contribution is 1.07. The molecule has 0 aliphatic heterocycles. The van der Waals surface area contributed by atoms with Gasteiger partial charge in [0.1, 0.15) is 0 Å². The first-order chi connectivity index (χ1) is 36.7. The van der Waals surface area contributed by atoms with Crippen LogP contribution in [0.2, 0.25) is 0 Å². The van der Waals surface area contributed by atoms with E-state index in [0.29, 0.717) is 17.5 Å². The molecule has 0 bridgehead atoms. The summed E-state index contributed by atoms with van der Waals surface area (Å²) in [7, 11) is 0. The van der Waals surface area contributed by atoms with E-state index in [-0.39, 0.29) is 0 Å². The van der Waals surface area contributed by atoms with Crippen molar-refractivity contribution >= 4 is 43.6 Å². The molecule has 0 saturated carbocycles. The highest BCUT2D eigenvalue weighted by Gasteiger charge is 2.21. The Balaban J connectivity index is 0.979. The van der Waals surface area contributed by atoms with Crippen LogP contribution in [0, 0.1) is 0 Å². The summed E-state index contributed by atoms with van der Waals surface area (Å²) in [6.45, 7) is 0. The largest absolute Gasteiger partial charge is 0.309 e. The van der Waals surface area contributed by atoms with Crippen molar-refractivity contribution in [3.05, 3.63) is 273 Å². The molecule has 14 rings (SSSR count). The number of hydrogen-bond acceptors (Lipinski definition) is 3. The van der Waals surface area contributed by atoms with E-state index in [4.69, 9.17) is 15.0 Å². The van der Waals surface area contributed by atoms with E-state index in [1.807, 2.05) is 36.4 Å². The van der Waals surface area contributed by atoms with E-state index in [1.54, 1.807) is 0 Å². The van der Waals surface area contributed by atoms with E-state index in [2.05, 4.69) is 246 Å². The van der Waals surface area contributed by atoms with Crippen LogP contribution in [0.15, 0.2) is 273 Å². The van der Waals surface area contributed by atoms with Gasteiger partial charge in [-0.1, -0.05) is 218 Å². The zero-order valence-corrected chi connectivity index (χ0v) is 40.2. The Hall–Kier alpha value is -9.97. The average molecular weight is 944 g/mol. The number of aromatic nitrogens is 5. The lowest BCUT2D eigenvalue weighted by Crippen LogP contribution is -2.03. The fraction of sp³-hybridized carbons (Fsp3) is 0. The molecule has 74 heavy (non-hydrogen) atoms. The van der Waals surface area contributed by atoms with Crippen LogP contribution >= 0.6 is 0 Å². The maximum Gasteiger partial charge on any atom is 0.164 e. The van der Waals surface area contributed by atoms with Crippen LogP contribution in [-0.4, -0.2) is 24.1 Å². The van der Waals surface area contributed by atoms with Crippen molar-refractivity contribution in [3.8, 4) is 90.0 Å². The summed E-state index contributed by atoms with van der Waals surface area (Å²) in [6.07, 6.45) is 0. The van der Waals surface area contributed by atoms with Gasteiger partial charge in [-0.2, -0.15) is 0 Å². The molecule has 0 aliphatic rings. The van der Waals surface area contributed by atoms with Gasteiger partial charge in [0.05, 0.1) is 22.1 Å². The summed E-state index contributed by atoms with van der Waals surface area (Å²) in [4.78, 5) is 15.7. The van der Waals surface area contributed by atoms with Gasteiger partial charge in [0, 0.05) is 49.6 Å². The fourth-order valence-corrected chi connectivity index (χ4v) is 10.8. The molecule has 0 N–H and O–H groups in total. The predicted molar refractivity (Wildman–Crippen MR) is 307 cm³/mol. The summed E-state index contributed by atoms with van der Waals surface area (Å²) in [5.41, 5.74) is 18.6. The van der Waals surface area contributed by atoms with Crippen LogP contribution in [0.5, 0.6) is 0 Å². The molecule has 11 aromatic carbocycles. The minimum absolute atomic E-state index is 0.588. The number of hydrogen-bond donors (Lipinski definition) is 0. The summed E-state index contributed by atoms with van der Waals surface area (Å²) in [5.74, 6) is 1.82. The lowest BCUT2D eigenvalue weighted by atomic mass is 9.99. The van der Waals surface area contributed by atoms with Gasteiger partial charge in [-0.3, -0.25) is 0 Å². The Kier molecular flexibility index (Phi) is 10.4. The molecule has 0 atom stereocenters. The molecule has 0 unspecified atom stereocenters. The predicted octanol–water partition coefficient (Wildman–Crippen LogP) is 17.7. The van der Waals surface area contributed by atoms with Crippen molar-refractivity contribution < 1.29 is 0 Å². The van der Waals surface area contributed by atoms with Crippen LogP contribution in [0.25, 0.3) is 134 Å². The molecule has 14 aromatic rings. The van der Waals surface area contributed by atoms with Crippen molar-refractivity contribution in [2.24, 2.45) is 0 Å². The minimum Gasteiger partial charge on any atom is -0.309 e. The first-order valence-electron chi connectivity index (χ1n) is 25.1. The third kappa shape index (κ3) is 7.63. The van der Waals surface area contributed by atoms with Crippen molar-refractivity contribution in [1.82, 2.24) is 24.1 Å². The molecule has 3 aromatic heterocycles. The van der Waals surface area contributed by atoms with Crippen molar-refractivity contribution in [3.63, 3.8) is 0 Å². The van der Waals surface area contributed by atoms with Gasteiger partial charge in [-0.25, -0.2) is 15.0 Å². The number of benzene rings is 11. The molecular weight excluding hydrogens is 899 g/mol. The van der Waals surface area contributed by atoms with Crippen molar-refractivity contribution in [2.45, 2.75) is 0 Å². The molecular formula is C69H45N5. The summed E-state index contributed by atoms with van der Waals surface area (Å²) in [6, 6.07) is 97.4. The zero-order chi connectivity index (χ0) is 49.0. The molecule has 346 valence electrons. The van der Waals surface area contributed by atoms with E-state index in [0.717, 1.165) is 50.1 Å². The Labute approximate surface area is 428 Å². The van der Waals surface area contributed by atoms with Gasteiger partial charge in [-0.15, -0.1) is 0 Å². The highest BCUT2D eigenvalue weighted by molar-refractivity contribution is 6.12. The van der Waals surface area contributed by atoms with Gasteiger partial charge in [0.2, 0.25) is 0 Å². The van der Waals surface area contributed by atoms with Crippen LogP contribution in [0.3, 0.4) is 0 Å². The molecule has 0 fully saturated rings. The fourth-order valence-electron chi connectivity index (χ4n) is 10.8.